The van der Waals surface area contributed by atoms with Crippen molar-refractivity contribution in [3.8, 4) is 5.69 Å². The number of rotatable bonds is 1. The van der Waals surface area contributed by atoms with E-state index in [1.807, 2.05) is 0 Å². The molecular formula is C10H8F3N3. The highest BCUT2D eigenvalue weighted by molar-refractivity contribution is 5.44. The highest BCUT2D eigenvalue weighted by atomic mass is 19.2. The molecule has 16 heavy (non-hydrogen) atoms. The number of nitrogens with two attached hydrogens (primary N) is 1. The van der Waals surface area contributed by atoms with Gasteiger partial charge in [-0.15, -0.1) is 0 Å². The first-order valence-electron chi connectivity index (χ1n) is 4.45. The van der Waals surface area contributed by atoms with Gasteiger partial charge in [-0.05, 0) is 6.92 Å². The van der Waals surface area contributed by atoms with Crippen LogP contribution in [0.2, 0.25) is 0 Å². The molecule has 0 aliphatic heterocycles. The van der Waals surface area contributed by atoms with Gasteiger partial charge in [-0.1, -0.05) is 0 Å². The second-order valence-electron chi connectivity index (χ2n) is 3.34. The predicted molar refractivity (Wildman–Crippen MR) is 52.6 cm³/mol. The van der Waals surface area contributed by atoms with Gasteiger partial charge in [-0.2, -0.15) is 5.10 Å². The number of nitrogens with zero attached hydrogens (tertiary/aromatic N) is 2. The van der Waals surface area contributed by atoms with Gasteiger partial charge in [0.15, 0.2) is 17.5 Å². The third-order valence-corrected chi connectivity index (χ3v) is 2.17. The Kier molecular flexibility index (Phi) is 2.34. The maximum Gasteiger partial charge on any atom is 0.194 e. The second kappa shape index (κ2) is 3.55. The van der Waals surface area contributed by atoms with Gasteiger partial charge in [0.05, 0.1) is 23.3 Å². The molecule has 3 nitrogen and oxygen atoms in total. The number of nitrogen functional groups attached to an aromatic ring is 1. The number of halogens is 3. The molecular weight excluding hydrogens is 219 g/mol. The Balaban J connectivity index is 2.56. The summed E-state index contributed by atoms with van der Waals surface area (Å²) >= 11 is 0. The molecule has 0 saturated carbocycles. The fourth-order valence-electron chi connectivity index (χ4n) is 1.28. The number of anilines is 1. The van der Waals surface area contributed by atoms with Crippen LogP contribution in [-0.4, -0.2) is 9.78 Å². The molecule has 0 aliphatic carbocycles. The fourth-order valence-corrected chi connectivity index (χ4v) is 1.28. The summed E-state index contributed by atoms with van der Waals surface area (Å²) in [7, 11) is 0. The van der Waals surface area contributed by atoms with E-state index in [0.29, 0.717) is 11.4 Å². The Morgan fingerprint density at radius 1 is 1.19 bits per heavy atom. The van der Waals surface area contributed by atoms with Crippen molar-refractivity contribution >= 4 is 5.69 Å². The third-order valence-electron chi connectivity index (χ3n) is 2.17. The van der Waals surface area contributed by atoms with Gasteiger partial charge in [0.25, 0.3) is 0 Å². The average molecular weight is 227 g/mol. The number of hydrogen-bond donors (Lipinski definition) is 1. The topological polar surface area (TPSA) is 43.8 Å². The highest BCUT2D eigenvalue weighted by Gasteiger charge is 2.12. The maximum absolute atomic E-state index is 12.9. The van der Waals surface area contributed by atoms with Crippen LogP contribution in [0.15, 0.2) is 18.3 Å². The standard InChI is InChI=1S/C10H8F3N3/c1-5-9(14)4-16(15-5)6-2-7(11)10(13)8(12)3-6/h2-4H,14H2,1H3. The molecule has 6 heteroatoms. The lowest BCUT2D eigenvalue weighted by molar-refractivity contribution is 0.446. The van der Waals surface area contributed by atoms with Crippen molar-refractivity contribution in [3.63, 3.8) is 0 Å². The molecule has 0 unspecified atom stereocenters. The summed E-state index contributed by atoms with van der Waals surface area (Å²) in [6.07, 6.45) is 1.40. The van der Waals surface area contributed by atoms with E-state index in [1.165, 1.54) is 10.9 Å². The van der Waals surface area contributed by atoms with Crippen molar-refractivity contribution < 1.29 is 13.2 Å². The minimum atomic E-state index is -1.50. The lowest BCUT2D eigenvalue weighted by Gasteiger charge is -2.02. The van der Waals surface area contributed by atoms with Crippen LogP contribution in [0.25, 0.3) is 5.69 Å². The van der Waals surface area contributed by atoms with E-state index in [9.17, 15) is 13.2 Å². The number of aryl methyl sites for hydroxylation is 1. The number of benzene rings is 1. The van der Waals surface area contributed by atoms with Gasteiger partial charge in [0.2, 0.25) is 0 Å². The molecule has 0 bridgehead atoms. The summed E-state index contributed by atoms with van der Waals surface area (Å²) in [6, 6.07) is 1.70. The zero-order chi connectivity index (χ0) is 11.9. The molecule has 0 radical (unpaired) electrons. The SMILES string of the molecule is Cc1nn(-c2cc(F)c(F)c(F)c2)cc1N. The van der Waals surface area contributed by atoms with E-state index in [4.69, 9.17) is 5.73 Å². The van der Waals surface area contributed by atoms with Gasteiger partial charge >= 0.3 is 0 Å². The molecule has 0 atom stereocenters. The molecule has 1 aromatic heterocycles. The molecule has 0 fully saturated rings. The molecule has 2 aromatic rings. The van der Waals surface area contributed by atoms with Crippen LogP contribution in [0, 0.1) is 24.4 Å². The molecule has 0 amide bonds. The molecule has 1 heterocycles. The van der Waals surface area contributed by atoms with E-state index >= 15 is 0 Å². The maximum atomic E-state index is 12.9. The Morgan fingerprint density at radius 2 is 1.75 bits per heavy atom. The van der Waals surface area contributed by atoms with Crippen LogP contribution in [0.1, 0.15) is 5.69 Å². The van der Waals surface area contributed by atoms with E-state index in [1.54, 1.807) is 6.92 Å². The number of aromatic nitrogens is 2. The predicted octanol–water partition coefficient (Wildman–Crippen LogP) is 2.18. The first-order chi connectivity index (χ1) is 7.49. The zero-order valence-electron chi connectivity index (χ0n) is 8.34. The first kappa shape index (κ1) is 10.5. The largest absolute Gasteiger partial charge is 0.396 e. The van der Waals surface area contributed by atoms with Crippen LogP contribution in [0.3, 0.4) is 0 Å². The Morgan fingerprint density at radius 3 is 2.19 bits per heavy atom. The summed E-state index contributed by atoms with van der Waals surface area (Å²) in [6.45, 7) is 1.65. The second-order valence-corrected chi connectivity index (χ2v) is 3.34. The summed E-state index contributed by atoms with van der Waals surface area (Å²) in [5, 5.41) is 3.93. The van der Waals surface area contributed by atoms with Gasteiger partial charge in [0, 0.05) is 12.1 Å². The molecule has 1 aromatic carbocycles. The quantitative estimate of drug-likeness (QED) is 0.759. The summed E-state index contributed by atoms with van der Waals surface area (Å²) < 4.78 is 39.8. The van der Waals surface area contributed by atoms with Crippen molar-refractivity contribution in [1.82, 2.24) is 9.78 Å². The Bertz CT molecular complexity index is 506. The normalized spacial score (nSPS) is 10.8. The highest BCUT2D eigenvalue weighted by Crippen LogP contribution is 2.18. The van der Waals surface area contributed by atoms with Crippen LogP contribution >= 0.6 is 0 Å². The summed E-state index contributed by atoms with van der Waals surface area (Å²) in [5.41, 5.74) is 6.55. The van der Waals surface area contributed by atoms with Gasteiger partial charge in [-0.3, -0.25) is 0 Å². The lowest BCUT2D eigenvalue weighted by atomic mass is 10.3. The van der Waals surface area contributed by atoms with Crippen molar-refractivity contribution in [2.75, 3.05) is 5.73 Å². The van der Waals surface area contributed by atoms with Crippen LogP contribution in [-0.2, 0) is 0 Å². The van der Waals surface area contributed by atoms with E-state index in [2.05, 4.69) is 5.10 Å². The van der Waals surface area contributed by atoms with Crippen LogP contribution in [0.4, 0.5) is 18.9 Å². The minimum absolute atomic E-state index is 0.0798. The molecule has 0 aliphatic rings. The first-order valence-corrected chi connectivity index (χ1v) is 4.45. The monoisotopic (exact) mass is 227 g/mol. The lowest BCUT2D eigenvalue weighted by Crippen LogP contribution is -1.99. The average Bonchev–Trinajstić information content (AvgIpc) is 2.55. The summed E-state index contributed by atoms with van der Waals surface area (Å²) in [4.78, 5) is 0. The zero-order valence-corrected chi connectivity index (χ0v) is 8.34. The molecule has 0 saturated heterocycles. The Labute approximate surface area is 89.3 Å². The third kappa shape index (κ3) is 1.62. The fraction of sp³-hybridized carbons (Fsp3) is 0.100. The van der Waals surface area contributed by atoms with Crippen molar-refractivity contribution in [1.29, 1.82) is 0 Å². The van der Waals surface area contributed by atoms with Crippen molar-refractivity contribution in [2.45, 2.75) is 6.92 Å². The van der Waals surface area contributed by atoms with E-state index < -0.39 is 17.5 Å². The summed E-state index contributed by atoms with van der Waals surface area (Å²) in [5.74, 6) is -4.02. The van der Waals surface area contributed by atoms with Crippen LogP contribution in [0.5, 0.6) is 0 Å². The minimum Gasteiger partial charge on any atom is -0.396 e. The van der Waals surface area contributed by atoms with Crippen LogP contribution < -0.4 is 5.73 Å². The van der Waals surface area contributed by atoms with Gasteiger partial charge < -0.3 is 5.73 Å². The van der Waals surface area contributed by atoms with Gasteiger partial charge in [0.1, 0.15) is 0 Å². The van der Waals surface area contributed by atoms with E-state index in [0.717, 1.165) is 12.1 Å². The molecule has 2 rings (SSSR count). The molecule has 84 valence electrons. The molecule has 0 spiro atoms. The Hall–Kier alpha value is -1.98. The van der Waals surface area contributed by atoms with Gasteiger partial charge in [-0.25, -0.2) is 17.9 Å². The van der Waals surface area contributed by atoms with E-state index in [-0.39, 0.29) is 5.69 Å². The smallest absolute Gasteiger partial charge is 0.194 e. The van der Waals surface area contributed by atoms with Crippen molar-refractivity contribution in [2.24, 2.45) is 0 Å². The molecule has 2 N–H and O–H groups in total. The number of hydrogen-bond acceptors (Lipinski definition) is 2. The van der Waals surface area contributed by atoms with Crippen molar-refractivity contribution in [3.05, 3.63) is 41.5 Å².